The fraction of sp³-hybridized carbons (Fsp3) is 0.286. The van der Waals surface area contributed by atoms with Crippen molar-refractivity contribution in [3.8, 4) is 0 Å². The normalized spacial score (nSPS) is 18.1. The van der Waals surface area contributed by atoms with Crippen molar-refractivity contribution in [2.24, 2.45) is 0 Å². The van der Waals surface area contributed by atoms with Gasteiger partial charge in [-0.2, -0.15) is 0 Å². The second-order valence-corrected chi connectivity index (χ2v) is 4.58. The molecule has 0 spiro atoms. The molecule has 18 heavy (non-hydrogen) atoms. The van der Waals surface area contributed by atoms with Gasteiger partial charge in [-0.25, -0.2) is 4.98 Å². The Bertz CT molecular complexity index is 606. The van der Waals surface area contributed by atoms with Crippen LogP contribution in [0.15, 0.2) is 41.5 Å². The molecule has 0 saturated heterocycles. The summed E-state index contributed by atoms with van der Waals surface area (Å²) in [4.78, 5) is 17.9. The smallest absolute Gasteiger partial charge is 0.252 e. The minimum atomic E-state index is -0.128. The number of benzene rings is 1. The van der Waals surface area contributed by atoms with Gasteiger partial charge in [-0.05, 0) is 30.4 Å². The number of aromatic amines is 1. The number of aromatic nitrogens is 2. The fourth-order valence-electron chi connectivity index (χ4n) is 2.53. The number of H-pyrrole nitrogens is 1. The molecule has 4 heteroatoms. The van der Waals surface area contributed by atoms with E-state index in [-0.39, 0.29) is 11.6 Å². The zero-order valence-electron chi connectivity index (χ0n) is 10.0. The topological polar surface area (TPSA) is 57.8 Å². The van der Waals surface area contributed by atoms with Crippen LogP contribution in [0.2, 0.25) is 0 Å². The Morgan fingerprint density at radius 3 is 3.11 bits per heavy atom. The van der Waals surface area contributed by atoms with Crippen LogP contribution < -0.4 is 10.9 Å². The molecule has 1 unspecified atom stereocenters. The quantitative estimate of drug-likeness (QED) is 0.848. The minimum Gasteiger partial charge on any atom is -0.363 e. The molecule has 1 aromatic heterocycles. The monoisotopic (exact) mass is 241 g/mol. The molecule has 0 saturated carbocycles. The molecule has 3 rings (SSSR count). The van der Waals surface area contributed by atoms with E-state index in [1.807, 2.05) is 0 Å². The molecular weight excluding hydrogens is 226 g/mol. The Morgan fingerprint density at radius 2 is 2.22 bits per heavy atom. The Hall–Kier alpha value is -2.10. The van der Waals surface area contributed by atoms with Crippen molar-refractivity contribution in [1.82, 2.24) is 9.97 Å². The van der Waals surface area contributed by atoms with E-state index in [2.05, 4.69) is 39.6 Å². The zero-order chi connectivity index (χ0) is 12.4. The third kappa shape index (κ3) is 2.14. The van der Waals surface area contributed by atoms with E-state index in [0.29, 0.717) is 5.82 Å². The summed E-state index contributed by atoms with van der Waals surface area (Å²) in [6, 6.07) is 10.2. The van der Waals surface area contributed by atoms with Gasteiger partial charge >= 0.3 is 0 Å². The zero-order valence-corrected chi connectivity index (χ0v) is 10.0. The van der Waals surface area contributed by atoms with Gasteiger partial charge in [-0.15, -0.1) is 0 Å². The first-order valence-electron chi connectivity index (χ1n) is 6.22. The summed E-state index contributed by atoms with van der Waals surface area (Å²) in [5, 5.41) is 3.35. The summed E-state index contributed by atoms with van der Waals surface area (Å²) in [7, 11) is 0. The van der Waals surface area contributed by atoms with Crippen LogP contribution in [0, 0.1) is 0 Å². The summed E-state index contributed by atoms with van der Waals surface area (Å²) in [6.07, 6.45) is 4.81. The van der Waals surface area contributed by atoms with Gasteiger partial charge in [0.05, 0.1) is 12.4 Å². The Kier molecular flexibility index (Phi) is 2.84. The number of fused-ring (bicyclic) bond motifs is 1. The van der Waals surface area contributed by atoms with Crippen LogP contribution in [-0.2, 0) is 6.42 Å². The summed E-state index contributed by atoms with van der Waals surface area (Å²) >= 11 is 0. The highest BCUT2D eigenvalue weighted by Crippen LogP contribution is 2.31. The predicted molar refractivity (Wildman–Crippen MR) is 70.6 cm³/mol. The molecule has 0 amide bonds. The Morgan fingerprint density at radius 1 is 1.33 bits per heavy atom. The molecule has 0 radical (unpaired) electrons. The maximum absolute atomic E-state index is 11.2. The van der Waals surface area contributed by atoms with E-state index >= 15 is 0 Å². The summed E-state index contributed by atoms with van der Waals surface area (Å²) < 4.78 is 0. The molecule has 1 atom stereocenters. The summed E-state index contributed by atoms with van der Waals surface area (Å²) in [5.41, 5.74) is 2.59. The highest BCUT2D eigenvalue weighted by molar-refractivity contribution is 5.41. The van der Waals surface area contributed by atoms with Gasteiger partial charge in [0.1, 0.15) is 5.82 Å². The Balaban J connectivity index is 1.88. The number of aryl methyl sites for hydroxylation is 1. The molecule has 1 aliphatic carbocycles. The van der Waals surface area contributed by atoms with Crippen molar-refractivity contribution < 1.29 is 0 Å². The van der Waals surface area contributed by atoms with Crippen molar-refractivity contribution in [3.05, 3.63) is 58.1 Å². The van der Waals surface area contributed by atoms with Crippen molar-refractivity contribution in [3.63, 3.8) is 0 Å². The first-order valence-corrected chi connectivity index (χ1v) is 6.22. The van der Waals surface area contributed by atoms with E-state index in [4.69, 9.17) is 0 Å². The number of hydrogen-bond donors (Lipinski definition) is 2. The standard InChI is InChI=1S/C14H15N3O/c18-14-8-13(15-9-16-14)17-12-7-3-5-10-4-1-2-6-11(10)12/h1-2,4,6,8-9,12H,3,5,7H2,(H2,15,16,17,18). The molecule has 0 aliphatic heterocycles. The number of rotatable bonds is 2. The summed E-state index contributed by atoms with van der Waals surface area (Å²) in [5.74, 6) is 0.639. The summed E-state index contributed by atoms with van der Waals surface area (Å²) in [6.45, 7) is 0. The van der Waals surface area contributed by atoms with Crippen molar-refractivity contribution in [2.75, 3.05) is 5.32 Å². The molecule has 0 fully saturated rings. The van der Waals surface area contributed by atoms with Crippen molar-refractivity contribution in [1.29, 1.82) is 0 Å². The number of anilines is 1. The average molecular weight is 241 g/mol. The predicted octanol–water partition coefficient (Wildman–Crippen LogP) is 2.26. The van der Waals surface area contributed by atoms with E-state index in [9.17, 15) is 4.79 Å². The van der Waals surface area contributed by atoms with Crippen LogP contribution in [0.4, 0.5) is 5.82 Å². The van der Waals surface area contributed by atoms with Gasteiger partial charge < -0.3 is 10.3 Å². The van der Waals surface area contributed by atoms with E-state index < -0.39 is 0 Å². The second-order valence-electron chi connectivity index (χ2n) is 4.58. The van der Waals surface area contributed by atoms with Gasteiger partial charge in [0.15, 0.2) is 0 Å². The number of nitrogens with one attached hydrogen (secondary N) is 2. The third-order valence-corrected chi connectivity index (χ3v) is 3.37. The lowest BCUT2D eigenvalue weighted by molar-refractivity contribution is 0.598. The van der Waals surface area contributed by atoms with Crippen LogP contribution in [0.3, 0.4) is 0 Å². The largest absolute Gasteiger partial charge is 0.363 e. The molecule has 2 aromatic rings. The van der Waals surface area contributed by atoms with Crippen LogP contribution >= 0.6 is 0 Å². The molecule has 1 heterocycles. The lowest BCUT2D eigenvalue weighted by Crippen LogP contribution is -2.19. The minimum absolute atomic E-state index is 0.128. The van der Waals surface area contributed by atoms with Gasteiger partial charge in [-0.1, -0.05) is 24.3 Å². The van der Waals surface area contributed by atoms with E-state index in [0.717, 1.165) is 19.3 Å². The van der Waals surface area contributed by atoms with E-state index in [1.54, 1.807) is 0 Å². The van der Waals surface area contributed by atoms with Gasteiger partial charge in [0.25, 0.3) is 5.56 Å². The molecule has 92 valence electrons. The molecular formula is C14H15N3O. The maximum Gasteiger partial charge on any atom is 0.252 e. The SMILES string of the molecule is O=c1cc(NC2CCCc3ccccc32)nc[nH]1. The van der Waals surface area contributed by atoms with Crippen molar-refractivity contribution in [2.45, 2.75) is 25.3 Å². The third-order valence-electron chi connectivity index (χ3n) is 3.37. The first-order chi connectivity index (χ1) is 8.83. The molecule has 1 aliphatic rings. The van der Waals surface area contributed by atoms with Gasteiger partial charge in [0.2, 0.25) is 0 Å². The lowest BCUT2D eigenvalue weighted by atomic mass is 9.88. The number of hydrogen-bond acceptors (Lipinski definition) is 3. The van der Waals surface area contributed by atoms with Crippen LogP contribution in [-0.4, -0.2) is 9.97 Å². The van der Waals surface area contributed by atoms with E-state index in [1.165, 1.54) is 23.5 Å². The van der Waals surface area contributed by atoms with Crippen LogP contribution in [0.1, 0.15) is 30.0 Å². The average Bonchev–Trinajstić information content (AvgIpc) is 2.39. The fourth-order valence-corrected chi connectivity index (χ4v) is 2.53. The second kappa shape index (κ2) is 4.64. The number of nitrogens with zero attached hydrogens (tertiary/aromatic N) is 1. The van der Waals surface area contributed by atoms with Gasteiger partial charge in [-0.3, -0.25) is 4.79 Å². The molecule has 2 N–H and O–H groups in total. The first kappa shape index (κ1) is 11.0. The van der Waals surface area contributed by atoms with Crippen LogP contribution in [0.25, 0.3) is 0 Å². The van der Waals surface area contributed by atoms with Crippen molar-refractivity contribution >= 4 is 5.82 Å². The highest BCUT2D eigenvalue weighted by Gasteiger charge is 2.19. The Labute approximate surface area is 105 Å². The lowest BCUT2D eigenvalue weighted by Gasteiger charge is -2.26. The maximum atomic E-state index is 11.2. The van der Waals surface area contributed by atoms with Crippen LogP contribution in [0.5, 0.6) is 0 Å². The van der Waals surface area contributed by atoms with Gasteiger partial charge in [0, 0.05) is 6.07 Å². The highest BCUT2D eigenvalue weighted by atomic mass is 16.1. The molecule has 1 aromatic carbocycles. The molecule has 0 bridgehead atoms. The molecule has 4 nitrogen and oxygen atoms in total.